The Hall–Kier alpha value is -5.67. The molecule has 0 aliphatic rings. The molecule has 0 heterocycles. The van der Waals surface area contributed by atoms with Crippen molar-refractivity contribution in [3.8, 4) is 0 Å². The van der Waals surface area contributed by atoms with Crippen LogP contribution in [0.2, 0.25) is 0 Å². The third-order valence-electron chi connectivity index (χ3n) is 7.83. The predicted molar refractivity (Wildman–Crippen MR) is 204 cm³/mol. The molecule has 3 rings (SSSR count). The number of carbonyl (C=O) groups is 4. The second-order valence-corrected chi connectivity index (χ2v) is 12.1. The smallest absolute Gasteiger partial charge is 0.408 e. The maximum Gasteiger partial charge on any atom is 0.408 e. The SMILES string of the molecule is [N-]=[N+]=NCCOCCOCCOCCNC(=O)[C@H](Cc1ccccc1)NC(=O)[C@H](CCCCNC(=O)OCc1ccccc1)NC(=O)OCc1ccccc1. The molecular weight excluding hydrogens is 710 g/mol. The fourth-order valence-corrected chi connectivity index (χ4v) is 5.01. The van der Waals surface area contributed by atoms with Crippen LogP contribution >= 0.6 is 0 Å². The Bertz CT molecular complexity index is 1580. The van der Waals surface area contributed by atoms with Crippen molar-refractivity contribution < 1.29 is 42.9 Å². The van der Waals surface area contributed by atoms with Gasteiger partial charge >= 0.3 is 12.2 Å². The monoisotopic (exact) mass is 761 g/mol. The van der Waals surface area contributed by atoms with Gasteiger partial charge in [-0.1, -0.05) is 96.1 Å². The largest absolute Gasteiger partial charge is 0.445 e. The summed E-state index contributed by atoms with van der Waals surface area (Å²) in [4.78, 5) is 54.8. The molecule has 2 atom stereocenters. The minimum absolute atomic E-state index is 0.0117. The van der Waals surface area contributed by atoms with E-state index in [1.807, 2.05) is 91.0 Å². The van der Waals surface area contributed by atoms with Crippen molar-refractivity contribution in [2.45, 2.75) is 51.0 Å². The number of hydrogen-bond donors (Lipinski definition) is 4. The lowest BCUT2D eigenvalue weighted by atomic mass is 10.0. The average Bonchev–Trinajstić information content (AvgIpc) is 3.21. The second-order valence-electron chi connectivity index (χ2n) is 12.1. The molecule has 0 saturated carbocycles. The van der Waals surface area contributed by atoms with E-state index >= 15 is 0 Å². The fourth-order valence-electron chi connectivity index (χ4n) is 5.01. The first kappa shape index (κ1) is 43.7. The van der Waals surface area contributed by atoms with Crippen molar-refractivity contribution in [2.24, 2.45) is 5.11 Å². The highest BCUT2D eigenvalue weighted by molar-refractivity contribution is 5.91. The summed E-state index contributed by atoms with van der Waals surface area (Å²) in [5, 5.41) is 14.4. The summed E-state index contributed by atoms with van der Waals surface area (Å²) in [5.74, 6) is -0.975. The average molecular weight is 762 g/mol. The zero-order valence-corrected chi connectivity index (χ0v) is 30.9. The van der Waals surface area contributed by atoms with Crippen molar-refractivity contribution in [1.82, 2.24) is 21.3 Å². The highest BCUT2D eigenvalue weighted by Gasteiger charge is 2.27. The first-order chi connectivity index (χ1) is 26.9. The van der Waals surface area contributed by atoms with E-state index in [0.29, 0.717) is 52.4 Å². The first-order valence-electron chi connectivity index (χ1n) is 18.2. The molecule has 0 aliphatic heterocycles. The summed E-state index contributed by atoms with van der Waals surface area (Å²) in [6, 6.07) is 25.7. The number of nitrogens with zero attached hydrogens (tertiary/aromatic N) is 3. The fraction of sp³-hybridized carbons (Fsp3) is 0.436. The van der Waals surface area contributed by atoms with Crippen molar-refractivity contribution >= 4 is 24.0 Å². The Morgan fingerprint density at radius 1 is 0.582 bits per heavy atom. The Morgan fingerprint density at radius 3 is 1.73 bits per heavy atom. The van der Waals surface area contributed by atoms with Gasteiger partial charge < -0.3 is 45.0 Å². The predicted octanol–water partition coefficient (Wildman–Crippen LogP) is 4.58. The number of rotatable bonds is 27. The molecule has 0 saturated heterocycles. The van der Waals surface area contributed by atoms with E-state index in [2.05, 4.69) is 31.3 Å². The third kappa shape index (κ3) is 20.4. The topological polar surface area (TPSA) is 211 Å². The van der Waals surface area contributed by atoms with Gasteiger partial charge in [-0.2, -0.15) is 0 Å². The molecule has 0 fully saturated rings. The number of carbonyl (C=O) groups excluding carboxylic acids is 4. The molecular formula is C39H51N7O9. The van der Waals surface area contributed by atoms with Crippen LogP contribution in [-0.2, 0) is 52.9 Å². The molecule has 296 valence electrons. The molecule has 0 spiro atoms. The number of benzene rings is 3. The molecule has 3 aromatic rings. The van der Waals surface area contributed by atoms with Crippen LogP contribution in [0.4, 0.5) is 9.59 Å². The van der Waals surface area contributed by atoms with Gasteiger partial charge in [0.1, 0.15) is 25.3 Å². The number of hydrogen-bond acceptors (Lipinski definition) is 10. The molecule has 0 bridgehead atoms. The number of unbranched alkanes of at least 4 members (excludes halogenated alkanes) is 1. The maximum absolute atomic E-state index is 13.7. The number of nitrogens with one attached hydrogen (secondary N) is 4. The molecule has 0 aliphatic carbocycles. The molecule has 0 aromatic heterocycles. The van der Waals surface area contributed by atoms with Crippen molar-refractivity contribution in [2.75, 3.05) is 59.3 Å². The Kier molecular flexibility index (Phi) is 22.2. The van der Waals surface area contributed by atoms with E-state index in [0.717, 1.165) is 16.7 Å². The van der Waals surface area contributed by atoms with Gasteiger partial charge in [-0.05, 0) is 41.5 Å². The Morgan fingerprint density at radius 2 is 1.13 bits per heavy atom. The van der Waals surface area contributed by atoms with E-state index in [-0.39, 0.29) is 45.8 Å². The van der Waals surface area contributed by atoms with Gasteiger partial charge in [-0.15, -0.1) is 0 Å². The van der Waals surface area contributed by atoms with Crippen LogP contribution in [0.1, 0.15) is 36.0 Å². The third-order valence-corrected chi connectivity index (χ3v) is 7.83. The van der Waals surface area contributed by atoms with Crippen LogP contribution in [0.3, 0.4) is 0 Å². The quantitative estimate of drug-likeness (QED) is 0.0370. The molecule has 0 unspecified atom stereocenters. The highest BCUT2D eigenvalue weighted by atomic mass is 16.6. The molecule has 55 heavy (non-hydrogen) atoms. The highest BCUT2D eigenvalue weighted by Crippen LogP contribution is 2.08. The van der Waals surface area contributed by atoms with Gasteiger partial charge in [0, 0.05) is 31.0 Å². The van der Waals surface area contributed by atoms with Gasteiger partial charge in [-0.3, -0.25) is 9.59 Å². The Balaban J connectivity index is 1.50. The number of alkyl carbamates (subject to hydrolysis) is 2. The van der Waals surface area contributed by atoms with Crippen molar-refractivity contribution in [1.29, 1.82) is 0 Å². The minimum Gasteiger partial charge on any atom is -0.445 e. The molecule has 4 N–H and O–H groups in total. The van der Waals surface area contributed by atoms with Gasteiger partial charge in [0.05, 0.1) is 39.6 Å². The zero-order valence-electron chi connectivity index (χ0n) is 30.9. The second kappa shape index (κ2) is 27.9. The molecule has 0 radical (unpaired) electrons. The van der Waals surface area contributed by atoms with Crippen molar-refractivity contribution in [3.63, 3.8) is 0 Å². The van der Waals surface area contributed by atoms with Gasteiger partial charge in [0.25, 0.3) is 0 Å². The van der Waals surface area contributed by atoms with Crippen LogP contribution in [-0.4, -0.2) is 95.4 Å². The summed E-state index contributed by atoms with van der Waals surface area (Å²) in [6.07, 6.45) is 0.0294. The lowest BCUT2D eigenvalue weighted by Crippen LogP contribution is -2.54. The van der Waals surface area contributed by atoms with E-state index < -0.39 is 36.1 Å². The molecule has 4 amide bonds. The summed E-state index contributed by atoms with van der Waals surface area (Å²) in [6.45, 7) is 2.79. The van der Waals surface area contributed by atoms with Crippen LogP contribution < -0.4 is 21.3 Å². The summed E-state index contributed by atoms with van der Waals surface area (Å²) in [5.41, 5.74) is 10.7. The van der Waals surface area contributed by atoms with E-state index in [1.165, 1.54) is 0 Å². The van der Waals surface area contributed by atoms with E-state index in [1.54, 1.807) is 0 Å². The lowest BCUT2D eigenvalue weighted by Gasteiger charge is -2.23. The summed E-state index contributed by atoms with van der Waals surface area (Å²) < 4.78 is 26.9. The molecule has 3 aromatic carbocycles. The number of azide groups is 1. The van der Waals surface area contributed by atoms with Crippen LogP contribution in [0.15, 0.2) is 96.1 Å². The standard InChI is InChI=1S/C39H51N7O9/c40-46-43-21-23-52-25-27-53-26-24-51-22-20-41-36(47)35(28-31-12-4-1-5-13-31)44-37(48)34(45-39(50)55-30-33-16-8-3-9-17-33)18-10-11-19-42-38(49)54-29-32-14-6-2-7-15-32/h1-9,12-17,34-35H,10-11,18-30H2,(H,41,47)(H,42,49)(H,44,48)(H,45,50)/t34-,35-/m0/s1. The van der Waals surface area contributed by atoms with Crippen LogP contribution in [0.25, 0.3) is 10.4 Å². The molecule has 16 heteroatoms. The van der Waals surface area contributed by atoms with Gasteiger partial charge in [0.15, 0.2) is 0 Å². The number of amides is 4. The first-order valence-corrected chi connectivity index (χ1v) is 18.2. The van der Waals surface area contributed by atoms with E-state index in [4.69, 9.17) is 29.2 Å². The van der Waals surface area contributed by atoms with E-state index in [9.17, 15) is 19.2 Å². The molecule has 16 nitrogen and oxygen atoms in total. The zero-order chi connectivity index (χ0) is 39.2. The van der Waals surface area contributed by atoms with Crippen LogP contribution in [0.5, 0.6) is 0 Å². The van der Waals surface area contributed by atoms with Gasteiger partial charge in [-0.25, -0.2) is 9.59 Å². The summed E-state index contributed by atoms with van der Waals surface area (Å²) >= 11 is 0. The lowest BCUT2D eigenvalue weighted by molar-refractivity contribution is -0.130. The van der Waals surface area contributed by atoms with Crippen molar-refractivity contribution in [3.05, 3.63) is 118 Å². The van der Waals surface area contributed by atoms with Gasteiger partial charge in [0.2, 0.25) is 11.8 Å². The maximum atomic E-state index is 13.7. The minimum atomic E-state index is -1.03. The Labute approximate surface area is 321 Å². The number of ether oxygens (including phenoxy) is 5. The normalized spacial score (nSPS) is 11.6. The van der Waals surface area contributed by atoms with Crippen LogP contribution in [0, 0.1) is 0 Å². The summed E-state index contributed by atoms with van der Waals surface area (Å²) in [7, 11) is 0.